The van der Waals surface area contributed by atoms with Crippen LogP contribution in [0.15, 0.2) is 98.4 Å². The molecule has 4 N–H and O–H groups in total. The second-order valence-corrected chi connectivity index (χ2v) is 8.73. The quantitative estimate of drug-likeness (QED) is 0.169. The highest BCUT2D eigenvalue weighted by Gasteiger charge is 2.02. The molecule has 0 unspecified atom stereocenters. The first-order valence-corrected chi connectivity index (χ1v) is 12.2. The summed E-state index contributed by atoms with van der Waals surface area (Å²) in [5.74, 6) is -0.427. The van der Waals surface area contributed by atoms with Crippen molar-refractivity contribution in [3.8, 4) is 0 Å². The molecule has 8 aromatic rings. The molecule has 0 spiro atoms. The Kier molecular flexibility index (Phi) is 7.84. The lowest BCUT2D eigenvalue weighted by Crippen LogP contribution is -1.76. The molecule has 11 heteroatoms. The van der Waals surface area contributed by atoms with Crippen LogP contribution in [0.3, 0.4) is 0 Å². The largest absolute Gasteiger partial charge is 0.345 e. The molecule has 8 rings (SSSR count). The van der Waals surface area contributed by atoms with Crippen molar-refractivity contribution in [2.75, 3.05) is 0 Å². The Morgan fingerprint density at radius 2 is 1.21 bits per heavy atom. The number of nitrogens with zero attached hydrogens (tertiary/aromatic N) is 5. The van der Waals surface area contributed by atoms with Gasteiger partial charge in [-0.25, -0.2) is 24.3 Å². The number of aryl methyl sites for hydroxylation is 1. The van der Waals surface area contributed by atoms with Crippen molar-refractivity contribution < 1.29 is 4.39 Å². The molecular formula is C28H23ClFN9. The number of hydrogen-bond acceptors (Lipinski definition) is 5. The average Bonchev–Trinajstić information content (AvgIpc) is 3.77. The summed E-state index contributed by atoms with van der Waals surface area (Å²) >= 11 is 5.52. The maximum absolute atomic E-state index is 12.7. The Labute approximate surface area is 226 Å². The van der Waals surface area contributed by atoms with Crippen LogP contribution in [0.4, 0.5) is 4.39 Å². The summed E-state index contributed by atoms with van der Waals surface area (Å²) in [5, 5.41) is 0.101. The van der Waals surface area contributed by atoms with Crippen LogP contribution in [0.1, 0.15) is 5.56 Å². The van der Waals surface area contributed by atoms with Crippen molar-refractivity contribution in [3.63, 3.8) is 0 Å². The first-order chi connectivity index (χ1) is 19.1. The highest BCUT2D eigenvalue weighted by Crippen LogP contribution is 2.19. The van der Waals surface area contributed by atoms with Gasteiger partial charge in [0.1, 0.15) is 5.82 Å². The van der Waals surface area contributed by atoms with Crippen molar-refractivity contribution in [1.82, 2.24) is 44.9 Å². The molecule has 5 heterocycles. The van der Waals surface area contributed by atoms with Gasteiger partial charge in [0.15, 0.2) is 0 Å². The van der Waals surface area contributed by atoms with E-state index in [1.807, 2.05) is 36.4 Å². The molecule has 0 bridgehead atoms. The normalized spacial score (nSPS) is 10.4. The van der Waals surface area contributed by atoms with Gasteiger partial charge in [-0.3, -0.25) is 4.98 Å². The summed E-state index contributed by atoms with van der Waals surface area (Å²) in [6.07, 6.45) is 10.0. The van der Waals surface area contributed by atoms with Gasteiger partial charge >= 0.3 is 0 Å². The van der Waals surface area contributed by atoms with Gasteiger partial charge in [0, 0.05) is 12.3 Å². The molecule has 0 aliphatic carbocycles. The van der Waals surface area contributed by atoms with Crippen molar-refractivity contribution in [2.45, 2.75) is 6.92 Å². The van der Waals surface area contributed by atoms with Crippen molar-refractivity contribution >= 4 is 55.7 Å². The molecule has 0 saturated heterocycles. The summed E-state index contributed by atoms with van der Waals surface area (Å²) in [6.45, 7) is 2.07. The molecule has 9 nitrogen and oxygen atoms in total. The number of nitrogens with one attached hydrogen (secondary N) is 4. The highest BCUT2D eigenvalue weighted by atomic mass is 35.5. The topological polar surface area (TPSA) is 128 Å². The number of rotatable bonds is 0. The molecule has 3 aromatic carbocycles. The predicted molar refractivity (Wildman–Crippen MR) is 152 cm³/mol. The standard InChI is InChI=1S/C8H8N2.C7H4ClFN2.C7H6N2.C6H5N3/c1-6-2-3-7-8(4-6)10-5-9-7;8-4-1-6-7(2-5(4)9)11-3-10-6;1-2-4-7-6(3-1)8-5-9-7;1-2-7-3-6-5(1)8-4-9-6/h2-5H,1H3,(H,9,10);1-3H,(H,10,11);1-5H,(H,8,9);1-4H,(H,8,9). The minimum atomic E-state index is -0.427. The monoisotopic (exact) mass is 539 g/mol. The molecular weight excluding hydrogens is 517 g/mol. The number of halogens is 2. The Hall–Kier alpha value is -5.09. The molecule has 194 valence electrons. The lowest BCUT2D eigenvalue weighted by atomic mass is 10.2. The molecule has 0 aliphatic heterocycles. The molecule has 39 heavy (non-hydrogen) atoms. The molecule has 5 aromatic heterocycles. The van der Waals surface area contributed by atoms with Gasteiger partial charge in [0.2, 0.25) is 0 Å². The van der Waals surface area contributed by atoms with Crippen LogP contribution in [0, 0.1) is 12.7 Å². The lowest BCUT2D eigenvalue weighted by Gasteiger charge is -1.91. The smallest absolute Gasteiger partial charge is 0.144 e. The zero-order valence-electron chi connectivity index (χ0n) is 20.7. The molecule has 0 amide bonds. The number of aromatic amines is 4. The van der Waals surface area contributed by atoms with Gasteiger partial charge in [-0.2, -0.15) is 0 Å². The Balaban J connectivity index is 0.000000106. The number of benzene rings is 3. The summed E-state index contributed by atoms with van der Waals surface area (Å²) in [6, 6.07) is 18.8. The number of H-pyrrole nitrogens is 4. The van der Waals surface area contributed by atoms with Crippen LogP contribution in [0.2, 0.25) is 5.02 Å². The predicted octanol–water partition coefficient (Wildman–Crippen LogP) is 6.75. The minimum Gasteiger partial charge on any atom is -0.345 e. The number of fused-ring (bicyclic) bond motifs is 4. The third-order valence-electron chi connectivity index (χ3n) is 5.59. The van der Waals surface area contributed by atoms with Gasteiger partial charge in [-0.1, -0.05) is 29.8 Å². The maximum atomic E-state index is 12.7. The van der Waals surface area contributed by atoms with E-state index < -0.39 is 5.82 Å². The van der Waals surface area contributed by atoms with Gasteiger partial charge in [0.25, 0.3) is 0 Å². The third kappa shape index (κ3) is 6.43. The van der Waals surface area contributed by atoms with Crippen molar-refractivity contribution in [3.05, 3.63) is 115 Å². The van der Waals surface area contributed by atoms with Crippen LogP contribution in [0.25, 0.3) is 44.1 Å². The Morgan fingerprint density at radius 3 is 1.92 bits per heavy atom. The second kappa shape index (κ2) is 12.0. The number of pyridine rings is 1. The second-order valence-electron chi connectivity index (χ2n) is 8.32. The molecule has 0 atom stereocenters. The maximum Gasteiger partial charge on any atom is 0.144 e. The zero-order valence-corrected chi connectivity index (χ0v) is 21.5. The lowest BCUT2D eigenvalue weighted by molar-refractivity contribution is 0.630. The van der Waals surface area contributed by atoms with E-state index in [4.69, 9.17) is 11.6 Å². The van der Waals surface area contributed by atoms with E-state index in [0.29, 0.717) is 11.0 Å². The number of aromatic nitrogens is 9. The van der Waals surface area contributed by atoms with Gasteiger partial charge in [-0.15, -0.1) is 0 Å². The van der Waals surface area contributed by atoms with E-state index in [2.05, 4.69) is 63.9 Å². The van der Waals surface area contributed by atoms with E-state index in [1.165, 1.54) is 24.0 Å². The van der Waals surface area contributed by atoms with Gasteiger partial charge in [0.05, 0.1) is 80.7 Å². The molecule has 0 radical (unpaired) electrons. The minimum absolute atomic E-state index is 0.101. The van der Waals surface area contributed by atoms with E-state index in [1.54, 1.807) is 31.4 Å². The summed E-state index contributed by atoms with van der Waals surface area (Å²) < 4.78 is 12.7. The fourth-order valence-corrected chi connectivity index (χ4v) is 3.80. The fraction of sp³-hybridized carbons (Fsp3) is 0.0357. The van der Waals surface area contributed by atoms with Crippen molar-refractivity contribution in [1.29, 1.82) is 0 Å². The molecule has 0 aliphatic rings. The molecule has 0 fully saturated rings. The van der Waals surface area contributed by atoms with Crippen LogP contribution in [-0.2, 0) is 0 Å². The summed E-state index contributed by atoms with van der Waals surface area (Å²) in [4.78, 5) is 31.8. The van der Waals surface area contributed by atoms with Crippen molar-refractivity contribution in [2.24, 2.45) is 0 Å². The SMILES string of the molecule is Cc1ccc2nc[nH]c2c1.Fc1cc2[nH]cnc2cc1Cl.c1cc2nc[nH]c2cn1.c1ccc2[nH]cnc2c1. The summed E-state index contributed by atoms with van der Waals surface area (Å²) in [7, 11) is 0. The van der Waals surface area contributed by atoms with Crippen LogP contribution in [-0.4, -0.2) is 44.9 Å². The molecule has 0 saturated carbocycles. The van der Waals surface area contributed by atoms with Crippen LogP contribution in [0.5, 0.6) is 0 Å². The Bertz CT molecular complexity index is 1770. The zero-order chi connectivity index (χ0) is 27.0. The fourth-order valence-electron chi connectivity index (χ4n) is 3.64. The van der Waals surface area contributed by atoms with E-state index in [-0.39, 0.29) is 5.02 Å². The first kappa shape index (κ1) is 25.6. The number of imidazole rings is 4. The average molecular weight is 540 g/mol. The van der Waals surface area contributed by atoms with Gasteiger partial charge in [-0.05, 0) is 48.9 Å². The first-order valence-electron chi connectivity index (χ1n) is 11.9. The number of hydrogen-bond donors (Lipinski definition) is 4. The third-order valence-corrected chi connectivity index (χ3v) is 5.88. The summed E-state index contributed by atoms with van der Waals surface area (Å²) in [5.41, 5.74) is 8.81. The van der Waals surface area contributed by atoms with Gasteiger partial charge < -0.3 is 19.9 Å². The highest BCUT2D eigenvalue weighted by molar-refractivity contribution is 6.31. The van der Waals surface area contributed by atoms with E-state index in [9.17, 15) is 4.39 Å². The van der Waals surface area contributed by atoms with Crippen LogP contribution >= 0.6 is 11.6 Å². The van der Waals surface area contributed by atoms with E-state index in [0.717, 1.165) is 33.1 Å². The van der Waals surface area contributed by atoms with E-state index >= 15 is 0 Å². The van der Waals surface area contributed by atoms with Crippen LogP contribution < -0.4 is 0 Å². The number of para-hydroxylation sites is 2. The Morgan fingerprint density at radius 1 is 0.615 bits per heavy atom.